The van der Waals surface area contributed by atoms with E-state index in [1.165, 1.54) is 10.7 Å². The highest BCUT2D eigenvalue weighted by Gasteiger charge is 2.11. The SMILES string of the molecule is Cc1cccc(-n2[nH]c(C(O)CN)cc2=O)c1. The van der Waals surface area contributed by atoms with Gasteiger partial charge in [-0.15, -0.1) is 0 Å². The number of benzene rings is 1. The van der Waals surface area contributed by atoms with Crippen molar-refractivity contribution in [3.05, 3.63) is 51.9 Å². The predicted molar refractivity (Wildman–Crippen MR) is 65.1 cm³/mol. The number of hydrogen-bond donors (Lipinski definition) is 3. The van der Waals surface area contributed by atoms with Gasteiger partial charge >= 0.3 is 0 Å². The maximum atomic E-state index is 11.8. The topological polar surface area (TPSA) is 84.0 Å². The average Bonchev–Trinajstić information content (AvgIpc) is 2.70. The first-order valence-corrected chi connectivity index (χ1v) is 5.39. The molecule has 0 aliphatic heterocycles. The van der Waals surface area contributed by atoms with Crippen molar-refractivity contribution in [2.24, 2.45) is 5.73 Å². The first-order valence-electron chi connectivity index (χ1n) is 5.39. The third kappa shape index (κ3) is 2.30. The molecule has 2 aromatic rings. The first kappa shape index (κ1) is 11.6. The second-order valence-electron chi connectivity index (χ2n) is 3.98. The lowest BCUT2D eigenvalue weighted by Crippen LogP contribution is -2.14. The van der Waals surface area contributed by atoms with E-state index >= 15 is 0 Å². The Morgan fingerprint density at radius 2 is 2.24 bits per heavy atom. The van der Waals surface area contributed by atoms with Gasteiger partial charge in [-0.05, 0) is 24.6 Å². The molecule has 0 aliphatic rings. The molecule has 1 unspecified atom stereocenters. The van der Waals surface area contributed by atoms with Gasteiger partial charge < -0.3 is 10.8 Å². The van der Waals surface area contributed by atoms with Crippen LogP contribution < -0.4 is 11.3 Å². The second-order valence-corrected chi connectivity index (χ2v) is 3.98. The van der Waals surface area contributed by atoms with Gasteiger partial charge in [0.1, 0.15) is 6.10 Å². The largest absolute Gasteiger partial charge is 0.385 e. The van der Waals surface area contributed by atoms with E-state index in [-0.39, 0.29) is 12.1 Å². The number of aromatic nitrogens is 2. The Labute approximate surface area is 98.5 Å². The Kier molecular flexibility index (Phi) is 3.12. The summed E-state index contributed by atoms with van der Waals surface area (Å²) >= 11 is 0. The zero-order valence-electron chi connectivity index (χ0n) is 9.55. The Morgan fingerprint density at radius 3 is 2.88 bits per heavy atom. The molecule has 1 atom stereocenters. The number of aryl methyl sites for hydroxylation is 1. The van der Waals surface area contributed by atoms with Crippen LogP contribution in [0.1, 0.15) is 17.4 Å². The number of aliphatic hydroxyl groups excluding tert-OH is 1. The number of nitrogens with two attached hydrogens (primary N) is 1. The van der Waals surface area contributed by atoms with Crippen LogP contribution in [0.3, 0.4) is 0 Å². The minimum Gasteiger partial charge on any atom is -0.385 e. The van der Waals surface area contributed by atoms with Gasteiger partial charge in [0, 0.05) is 12.6 Å². The molecule has 0 aliphatic carbocycles. The van der Waals surface area contributed by atoms with E-state index in [2.05, 4.69) is 5.10 Å². The van der Waals surface area contributed by atoms with Crippen LogP contribution in [0, 0.1) is 6.92 Å². The van der Waals surface area contributed by atoms with Gasteiger partial charge in [-0.1, -0.05) is 12.1 Å². The third-order valence-corrected chi connectivity index (χ3v) is 2.58. The van der Waals surface area contributed by atoms with Crippen molar-refractivity contribution in [1.29, 1.82) is 0 Å². The summed E-state index contributed by atoms with van der Waals surface area (Å²) in [6.45, 7) is 2.03. The minimum absolute atomic E-state index is 0.0772. The normalized spacial score (nSPS) is 12.6. The quantitative estimate of drug-likeness (QED) is 0.720. The molecule has 5 heteroatoms. The van der Waals surface area contributed by atoms with E-state index in [1.54, 1.807) is 0 Å². The number of aromatic amines is 1. The number of H-pyrrole nitrogens is 1. The molecule has 90 valence electrons. The van der Waals surface area contributed by atoms with Gasteiger partial charge in [0.15, 0.2) is 0 Å². The molecule has 0 bridgehead atoms. The Balaban J connectivity index is 2.46. The minimum atomic E-state index is -0.839. The maximum absolute atomic E-state index is 11.8. The van der Waals surface area contributed by atoms with Gasteiger partial charge in [-0.3, -0.25) is 9.89 Å². The molecule has 0 saturated carbocycles. The molecule has 4 N–H and O–H groups in total. The molecule has 0 fully saturated rings. The molecule has 0 spiro atoms. The zero-order valence-corrected chi connectivity index (χ0v) is 9.55. The number of aliphatic hydroxyl groups is 1. The Bertz CT molecular complexity index is 571. The van der Waals surface area contributed by atoms with Gasteiger partial charge in [-0.2, -0.15) is 0 Å². The molecular weight excluding hydrogens is 218 g/mol. The standard InChI is InChI=1S/C12H15N3O2/c1-8-3-2-4-9(5-8)15-12(17)6-10(14-15)11(16)7-13/h2-6,11,14,16H,7,13H2,1H3. The first-order chi connectivity index (χ1) is 8.11. The van der Waals surface area contributed by atoms with Crippen LogP contribution in [0.4, 0.5) is 0 Å². The molecule has 0 amide bonds. The van der Waals surface area contributed by atoms with Crippen molar-refractivity contribution >= 4 is 0 Å². The highest BCUT2D eigenvalue weighted by Crippen LogP contribution is 2.10. The van der Waals surface area contributed by atoms with Gasteiger partial charge in [0.05, 0.1) is 11.4 Å². The van der Waals surface area contributed by atoms with Gasteiger partial charge in [0.2, 0.25) is 0 Å². The van der Waals surface area contributed by atoms with Crippen molar-refractivity contribution in [3.8, 4) is 5.69 Å². The Hall–Kier alpha value is -1.85. The zero-order chi connectivity index (χ0) is 12.4. The molecule has 0 radical (unpaired) electrons. The lowest BCUT2D eigenvalue weighted by atomic mass is 10.2. The average molecular weight is 233 g/mol. The van der Waals surface area contributed by atoms with E-state index in [9.17, 15) is 9.90 Å². The van der Waals surface area contributed by atoms with Crippen molar-refractivity contribution in [2.75, 3.05) is 6.54 Å². The van der Waals surface area contributed by atoms with Crippen LogP contribution in [-0.4, -0.2) is 21.4 Å². The molecule has 17 heavy (non-hydrogen) atoms. The summed E-state index contributed by atoms with van der Waals surface area (Å²) in [5.41, 5.74) is 7.37. The van der Waals surface area contributed by atoms with Crippen molar-refractivity contribution in [3.63, 3.8) is 0 Å². The Morgan fingerprint density at radius 1 is 1.47 bits per heavy atom. The monoisotopic (exact) mass is 233 g/mol. The highest BCUT2D eigenvalue weighted by molar-refractivity contribution is 5.34. The molecular formula is C12H15N3O2. The predicted octanol–water partition coefficient (Wildman–Crippen LogP) is 0.466. The van der Waals surface area contributed by atoms with E-state index in [0.29, 0.717) is 5.69 Å². The lowest BCUT2D eigenvalue weighted by Gasteiger charge is -2.05. The van der Waals surface area contributed by atoms with Crippen LogP contribution in [0.2, 0.25) is 0 Å². The third-order valence-electron chi connectivity index (χ3n) is 2.58. The molecule has 1 aromatic carbocycles. The summed E-state index contributed by atoms with van der Waals surface area (Å²) < 4.78 is 1.39. The number of nitrogens with one attached hydrogen (secondary N) is 1. The van der Waals surface area contributed by atoms with E-state index in [4.69, 9.17) is 5.73 Å². The summed E-state index contributed by atoms with van der Waals surface area (Å²) in [5, 5.41) is 12.4. The fraction of sp³-hybridized carbons (Fsp3) is 0.250. The highest BCUT2D eigenvalue weighted by atomic mass is 16.3. The van der Waals surface area contributed by atoms with Crippen LogP contribution in [0.15, 0.2) is 35.1 Å². The number of rotatable bonds is 3. The van der Waals surface area contributed by atoms with E-state index in [1.807, 2.05) is 31.2 Å². The summed E-state index contributed by atoms with van der Waals surface area (Å²) in [5.74, 6) is 0. The fourth-order valence-electron chi connectivity index (χ4n) is 1.67. The number of hydrogen-bond acceptors (Lipinski definition) is 3. The van der Waals surface area contributed by atoms with E-state index < -0.39 is 6.10 Å². The number of nitrogens with zero attached hydrogens (tertiary/aromatic N) is 1. The van der Waals surface area contributed by atoms with Crippen molar-refractivity contribution in [1.82, 2.24) is 9.78 Å². The van der Waals surface area contributed by atoms with Crippen molar-refractivity contribution < 1.29 is 5.11 Å². The fourth-order valence-corrected chi connectivity index (χ4v) is 1.67. The summed E-state index contributed by atoms with van der Waals surface area (Å²) in [6.07, 6.45) is -0.839. The smallest absolute Gasteiger partial charge is 0.271 e. The van der Waals surface area contributed by atoms with Crippen molar-refractivity contribution in [2.45, 2.75) is 13.0 Å². The van der Waals surface area contributed by atoms with Crippen LogP contribution in [-0.2, 0) is 0 Å². The summed E-state index contributed by atoms with van der Waals surface area (Å²) in [4.78, 5) is 11.8. The summed E-state index contributed by atoms with van der Waals surface area (Å²) in [6, 6.07) is 8.89. The van der Waals surface area contributed by atoms with Crippen LogP contribution in [0.25, 0.3) is 5.69 Å². The second kappa shape index (κ2) is 4.57. The van der Waals surface area contributed by atoms with Gasteiger partial charge in [0.25, 0.3) is 5.56 Å². The molecule has 0 saturated heterocycles. The lowest BCUT2D eigenvalue weighted by molar-refractivity contribution is 0.181. The van der Waals surface area contributed by atoms with Gasteiger partial charge in [-0.25, -0.2) is 4.68 Å². The molecule has 1 heterocycles. The van der Waals surface area contributed by atoms with Crippen LogP contribution in [0.5, 0.6) is 0 Å². The molecule has 5 nitrogen and oxygen atoms in total. The summed E-state index contributed by atoms with van der Waals surface area (Å²) in [7, 11) is 0. The maximum Gasteiger partial charge on any atom is 0.271 e. The van der Waals surface area contributed by atoms with Crippen LogP contribution >= 0.6 is 0 Å². The van der Waals surface area contributed by atoms with E-state index in [0.717, 1.165) is 11.3 Å². The molecule has 1 aromatic heterocycles. The molecule has 2 rings (SSSR count).